The zero-order chi connectivity index (χ0) is 32.6. The number of hydrogen-bond acceptors (Lipinski definition) is 10. The molecule has 0 saturated carbocycles. The van der Waals surface area contributed by atoms with Crippen LogP contribution in [-0.2, 0) is 35.6 Å². The first-order valence-corrected chi connectivity index (χ1v) is 15.7. The maximum absolute atomic E-state index is 14.2. The monoisotopic (exact) mass is 630 g/mol. The van der Waals surface area contributed by atoms with Gasteiger partial charge in [0, 0.05) is 0 Å². The average molecular weight is 631 g/mol. The molecule has 0 radical (unpaired) electrons. The van der Waals surface area contributed by atoms with Crippen LogP contribution in [-0.4, -0.2) is 62.8 Å². The molecule has 1 unspecified atom stereocenters. The summed E-state index contributed by atoms with van der Waals surface area (Å²) < 4.78 is 44.8. The molecule has 13 nitrogen and oxygen atoms in total. The van der Waals surface area contributed by atoms with E-state index in [0.29, 0.717) is 17.5 Å². The van der Waals surface area contributed by atoms with Crippen LogP contribution in [0.5, 0.6) is 0 Å². The molecule has 2 aromatic carbocycles. The molecule has 238 valence electrons. The topological polar surface area (TPSA) is 172 Å². The van der Waals surface area contributed by atoms with Crippen LogP contribution in [0.2, 0.25) is 0 Å². The molecule has 0 aliphatic rings. The van der Waals surface area contributed by atoms with Crippen molar-refractivity contribution >= 4 is 39.0 Å². The van der Waals surface area contributed by atoms with Gasteiger partial charge in [-0.25, -0.2) is 27.7 Å². The smallest absolute Gasteiger partial charge is 0.407 e. The summed E-state index contributed by atoms with van der Waals surface area (Å²) in [7, 11) is -2.81. The summed E-state index contributed by atoms with van der Waals surface area (Å²) in [6.07, 6.45) is 0.660. The van der Waals surface area contributed by atoms with Crippen LogP contribution in [0.15, 0.2) is 40.0 Å². The molecule has 0 aliphatic carbocycles. The fourth-order valence-electron chi connectivity index (χ4n) is 4.76. The number of carbonyl (C=O) groups is 3. The van der Waals surface area contributed by atoms with Crippen molar-refractivity contribution in [2.24, 2.45) is 5.92 Å². The highest BCUT2D eigenvalue weighted by molar-refractivity contribution is 7.89. The van der Waals surface area contributed by atoms with Crippen LogP contribution >= 0.6 is 0 Å². The van der Waals surface area contributed by atoms with Gasteiger partial charge < -0.3 is 19.5 Å². The van der Waals surface area contributed by atoms with Crippen molar-refractivity contribution in [1.29, 1.82) is 0 Å². The van der Waals surface area contributed by atoms with Gasteiger partial charge in [-0.05, 0) is 63.6 Å². The van der Waals surface area contributed by atoms with Crippen LogP contribution in [0.1, 0.15) is 60.9 Å². The lowest BCUT2D eigenvalue weighted by molar-refractivity contribution is -0.148. The predicted octanol–water partition coefficient (Wildman–Crippen LogP) is 3.29. The molecular weight excluding hydrogens is 592 g/mol. The third-order valence-corrected chi connectivity index (χ3v) is 8.36. The van der Waals surface area contributed by atoms with Crippen LogP contribution < -0.4 is 15.6 Å². The summed E-state index contributed by atoms with van der Waals surface area (Å²) in [5.74, 6) is -1.29. The van der Waals surface area contributed by atoms with Crippen molar-refractivity contribution in [2.75, 3.05) is 26.8 Å². The van der Waals surface area contributed by atoms with Gasteiger partial charge >= 0.3 is 18.0 Å². The third-order valence-electron chi connectivity index (χ3n) is 6.89. The van der Waals surface area contributed by atoms with Crippen molar-refractivity contribution in [2.45, 2.75) is 59.0 Å². The summed E-state index contributed by atoms with van der Waals surface area (Å²) >= 11 is 0. The normalized spacial score (nSPS) is 12.0. The Morgan fingerprint density at radius 1 is 1.07 bits per heavy atom. The lowest BCUT2D eigenvalue weighted by Crippen LogP contribution is -2.31. The van der Waals surface area contributed by atoms with E-state index in [4.69, 9.17) is 14.2 Å². The second kappa shape index (κ2) is 14.9. The van der Waals surface area contributed by atoms with Gasteiger partial charge in [-0.1, -0.05) is 32.4 Å². The van der Waals surface area contributed by atoms with E-state index in [1.807, 2.05) is 6.92 Å². The van der Waals surface area contributed by atoms with Crippen molar-refractivity contribution in [3.63, 3.8) is 0 Å². The molecule has 14 heteroatoms. The number of nitrogens with zero attached hydrogens (tertiary/aromatic N) is 2. The lowest BCUT2D eigenvalue weighted by Gasteiger charge is -2.19. The van der Waals surface area contributed by atoms with Gasteiger partial charge in [0.05, 0.1) is 41.2 Å². The Balaban J connectivity index is 2.04. The molecule has 44 heavy (non-hydrogen) atoms. The van der Waals surface area contributed by atoms with Crippen LogP contribution in [0.25, 0.3) is 16.6 Å². The van der Waals surface area contributed by atoms with E-state index in [1.54, 1.807) is 39.8 Å². The van der Waals surface area contributed by atoms with E-state index in [-0.39, 0.29) is 64.5 Å². The molecule has 0 bridgehead atoms. The second-order valence-electron chi connectivity index (χ2n) is 10.0. The van der Waals surface area contributed by atoms with Gasteiger partial charge in [-0.3, -0.25) is 14.2 Å². The second-order valence-corrected chi connectivity index (χ2v) is 11.9. The van der Waals surface area contributed by atoms with Gasteiger partial charge in [-0.15, -0.1) is 0 Å². The third kappa shape index (κ3) is 7.61. The minimum Gasteiger partial charge on any atom is -0.464 e. The number of nitrogens with one attached hydrogen (secondary N) is 2. The molecule has 3 aromatic rings. The van der Waals surface area contributed by atoms with E-state index in [0.717, 1.165) is 11.0 Å². The number of sulfonamides is 1. The van der Waals surface area contributed by atoms with Crippen molar-refractivity contribution in [3.05, 3.63) is 63.2 Å². The lowest BCUT2D eigenvalue weighted by atomic mass is 9.98. The number of carbonyl (C=O) groups excluding carboxylic acids is 3. The molecule has 0 fully saturated rings. The number of esters is 2. The number of para-hydroxylation sites is 1. The van der Waals surface area contributed by atoms with Gasteiger partial charge in [0.1, 0.15) is 11.5 Å². The molecule has 1 atom stereocenters. The molecule has 0 saturated heterocycles. The van der Waals surface area contributed by atoms with Crippen molar-refractivity contribution in [3.8, 4) is 5.69 Å². The quantitative estimate of drug-likeness (QED) is 0.162. The summed E-state index contributed by atoms with van der Waals surface area (Å²) in [4.78, 5) is 55.7. The van der Waals surface area contributed by atoms with Crippen LogP contribution in [0, 0.1) is 19.8 Å². The first kappa shape index (κ1) is 34.2. The van der Waals surface area contributed by atoms with Gasteiger partial charge in [0.15, 0.2) is 12.4 Å². The Labute approximate surface area is 256 Å². The highest BCUT2D eigenvalue weighted by Gasteiger charge is 2.25. The SMILES string of the molecule is CCCC(C)C(=O)OCCNC(=O)OCc1nc2cc(C)c(C(=O)OCC)c(C)c2c(=O)n1-c1ccccc1S(=O)(=O)NC. The Kier molecular flexibility index (Phi) is 11.6. The largest absolute Gasteiger partial charge is 0.464 e. The Morgan fingerprint density at radius 3 is 2.43 bits per heavy atom. The number of benzene rings is 2. The molecule has 0 spiro atoms. The molecule has 1 amide bonds. The van der Waals surface area contributed by atoms with E-state index in [2.05, 4.69) is 15.0 Å². The highest BCUT2D eigenvalue weighted by Crippen LogP contribution is 2.26. The van der Waals surface area contributed by atoms with Crippen molar-refractivity contribution in [1.82, 2.24) is 19.6 Å². The van der Waals surface area contributed by atoms with E-state index < -0.39 is 34.3 Å². The summed E-state index contributed by atoms with van der Waals surface area (Å²) in [5, 5.41) is 2.55. The molecular formula is C30H38N4O9S. The molecule has 3 rings (SSSR count). The van der Waals surface area contributed by atoms with Gasteiger partial charge in [-0.2, -0.15) is 0 Å². The van der Waals surface area contributed by atoms with Crippen LogP contribution in [0.4, 0.5) is 4.79 Å². The number of aromatic nitrogens is 2. The van der Waals surface area contributed by atoms with Crippen LogP contribution in [0.3, 0.4) is 0 Å². The average Bonchev–Trinajstić information content (AvgIpc) is 2.98. The molecule has 1 aromatic heterocycles. The Hall–Kier alpha value is -4.30. The first-order valence-electron chi connectivity index (χ1n) is 14.2. The number of alkyl carbamates (subject to hydrolysis) is 1. The van der Waals surface area contributed by atoms with E-state index >= 15 is 0 Å². The molecule has 2 N–H and O–H groups in total. The highest BCUT2D eigenvalue weighted by atomic mass is 32.2. The first-order chi connectivity index (χ1) is 20.9. The van der Waals surface area contributed by atoms with Crippen molar-refractivity contribution < 1.29 is 37.0 Å². The molecule has 1 heterocycles. The Morgan fingerprint density at radius 2 is 1.77 bits per heavy atom. The zero-order valence-corrected chi connectivity index (χ0v) is 26.5. The fraction of sp³-hybridized carbons (Fsp3) is 0.433. The number of rotatable bonds is 13. The number of fused-ring (bicyclic) bond motifs is 1. The summed E-state index contributed by atoms with van der Waals surface area (Å²) in [6, 6.07) is 7.34. The van der Waals surface area contributed by atoms with E-state index in [1.165, 1.54) is 25.2 Å². The number of aryl methyl sites for hydroxylation is 2. The number of ether oxygens (including phenoxy) is 3. The summed E-state index contributed by atoms with van der Waals surface area (Å²) in [6.45, 7) is 8.21. The predicted molar refractivity (Wildman–Crippen MR) is 162 cm³/mol. The Bertz CT molecular complexity index is 1720. The fourth-order valence-corrected chi connectivity index (χ4v) is 5.67. The summed E-state index contributed by atoms with van der Waals surface area (Å²) in [5.41, 5.74) is 0.537. The van der Waals surface area contributed by atoms with Gasteiger partial charge in [0.25, 0.3) is 5.56 Å². The number of hydrogen-bond donors (Lipinski definition) is 2. The standard InChI is InChI=1S/C30H38N4O9S/c1-7-11-18(3)28(36)42-15-14-32-30(38)43-17-24-33-21-16-19(4)25(29(37)41-8-2)20(5)26(21)27(35)34(24)22-12-9-10-13-23(22)44(39,40)31-6/h9-10,12-13,16,18,31H,7-8,11,14-15,17H2,1-6H3,(H,32,38). The maximum Gasteiger partial charge on any atom is 0.407 e. The van der Waals surface area contributed by atoms with Gasteiger partial charge in [0.2, 0.25) is 10.0 Å². The zero-order valence-electron chi connectivity index (χ0n) is 25.7. The minimum atomic E-state index is -4.05. The minimum absolute atomic E-state index is 0.0142. The molecule has 0 aliphatic heterocycles. The maximum atomic E-state index is 14.2. The number of amides is 1. The van der Waals surface area contributed by atoms with E-state index in [9.17, 15) is 27.6 Å².